The van der Waals surface area contributed by atoms with E-state index in [0.29, 0.717) is 21.7 Å². The van der Waals surface area contributed by atoms with E-state index in [2.05, 4.69) is 15.1 Å². The average molecular weight is 405 g/mol. The lowest BCUT2D eigenvalue weighted by molar-refractivity contribution is 0.283. The maximum Gasteiger partial charge on any atom is 0.437 e. The molecule has 4 aromatic rings. The molecule has 9 nitrogen and oxygen atoms in total. The van der Waals surface area contributed by atoms with E-state index in [0.717, 1.165) is 4.68 Å². The molecule has 1 atom stereocenters. The summed E-state index contributed by atoms with van der Waals surface area (Å²) in [6.45, 7) is -0.440. The standard InChI is InChI=1S/C17H14ClFN6O3/c1-23-8-20-15-14(23)16(26)24(9-21-15)7-13-22-25(17(27)28-13)6-12(19)10-2-4-11(18)5-3-10/h2-5,8-9,12H,6-7H2,1H3/t12-/m1/s1. The highest BCUT2D eigenvalue weighted by atomic mass is 35.5. The van der Waals surface area contributed by atoms with E-state index in [9.17, 15) is 14.0 Å². The summed E-state index contributed by atoms with van der Waals surface area (Å²) in [5.74, 6) is -0.840. The van der Waals surface area contributed by atoms with E-state index in [-0.39, 0.29) is 24.5 Å². The number of fused-ring (bicyclic) bond motifs is 1. The van der Waals surface area contributed by atoms with E-state index in [1.54, 1.807) is 23.7 Å². The Morgan fingerprint density at radius 1 is 1.18 bits per heavy atom. The lowest BCUT2D eigenvalue weighted by atomic mass is 10.1. The van der Waals surface area contributed by atoms with Crippen molar-refractivity contribution in [3.8, 4) is 0 Å². The number of aryl methyl sites for hydroxylation is 1. The molecule has 144 valence electrons. The summed E-state index contributed by atoms with van der Waals surface area (Å²) in [7, 11) is 1.68. The molecule has 11 heteroatoms. The molecule has 0 aliphatic carbocycles. The van der Waals surface area contributed by atoms with Crippen molar-refractivity contribution < 1.29 is 8.81 Å². The van der Waals surface area contributed by atoms with Crippen LogP contribution in [0.1, 0.15) is 17.6 Å². The van der Waals surface area contributed by atoms with Gasteiger partial charge in [0.2, 0.25) is 5.89 Å². The second-order valence-electron chi connectivity index (χ2n) is 6.17. The summed E-state index contributed by atoms with van der Waals surface area (Å²) in [6, 6.07) is 6.20. The first-order chi connectivity index (χ1) is 13.4. The molecule has 1 aromatic carbocycles. The molecule has 0 radical (unpaired) electrons. The van der Waals surface area contributed by atoms with E-state index >= 15 is 0 Å². The van der Waals surface area contributed by atoms with Crippen molar-refractivity contribution in [2.45, 2.75) is 19.3 Å². The molecule has 0 saturated heterocycles. The largest absolute Gasteiger partial charge is 0.437 e. The van der Waals surface area contributed by atoms with Crippen LogP contribution in [0.4, 0.5) is 4.39 Å². The Balaban J connectivity index is 1.57. The summed E-state index contributed by atoms with van der Waals surface area (Å²) >= 11 is 5.79. The highest BCUT2D eigenvalue weighted by Crippen LogP contribution is 2.20. The van der Waals surface area contributed by atoms with Gasteiger partial charge in [-0.25, -0.2) is 19.2 Å². The Labute approximate surface area is 161 Å². The number of nitrogens with zero attached hydrogens (tertiary/aromatic N) is 6. The predicted octanol–water partition coefficient (Wildman–Crippen LogP) is 1.69. The number of aromatic nitrogens is 6. The molecule has 0 aliphatic rings. The van der Waals surface area contributed by atoms with Crippen molar-refractivity contribution in [1.29, 1.82) is 0 Å². The Morgan fingerprint density at radius 3 is 2.64 bits per heavy atom. The zero-order valence-electron chi connectivity index (χ0n) is 14.6. The molecule has 0 spiro atoms. The number of rotatable bonds is 5. The van der Waals surface area contributed by atoms with E-state index in [1.165, 1.54) is 29.4 Å². The van der Waals surface area contributed by atoms with Gasteiger partial charge in [0.15, 0.2) is 11.2 Å². The number of alkyl halides is 1. The third kappa shape index (κ3) is 3.33. The van der Waals surface area contributed by atoms with Crippen LogP contribution in [-0.4, -0.2) is 28.9 Å². The van der Waals surface area contributed by atoms with Gasteiger partial charge in [0.1, 0.15) is 19.0 Å². The van der Waals surface area contributed by atoms with Crippen molar-refractivity contribution in [2.24, 2.45) is 7.05 Å². The van der Waals surface area contributed by atoms with Crippen LogP contribution in [-0.2, 0) is 20.1 Å². The summed E-state index contributed by atoms with van der Waals surface area (Å²) in [5.41, 5.74) is 0.643. The Morgan fingerprint density at radius 2 is 1.89 bits per heavy atom. The second-order valence-corrected chi connectivity index (χ2v) is 6.60. The van der Waals surface area contributed by atoms with Crippen LogP contribution in [0.5, 0.6) is 0 Å². The highest BCUT2D eigenvalue weighted by molar-refractivity contribution is 6.30. The predicted molar refractivity (Wildman–Crippen MR) is 97.9 cm³/mol. The molecule has 0 aliphatic heterocycles. The third-order valence-corrected chi connectivity index (χ3v) is 4.47. The summed E-state index contributed by atoms with van der Waals surface area (Å²) < 4.78 is 23.2. The fourth-order valence-electron chi connectivity index (χ4n) is 2.79. The molecule has 0 amide bonds. The molecule has 3 heterocycles. The third-order valence-electron chi connectivity index (χ3n) is 4.22. The number of imidazole rings is 1. The first kappa shape index (κ1) is 18.1. The fourth-order valence-corrected chi connectivity index (χ4v) is 2.91. The van der Waals surface area contributed by atoms with Crippen LogP contribution in [0.15, 0.2) is 50.9 Å². The Kier molecular flexibility index (Phi) is 4.55. The quantitative estimate of drug-likeness (QED) is 0.501. The van der Waals surface area contributed by atoms with Gasteiger partial charge in [-0.3, -0.25) is 9.36 Å². The lowest BCUT2D eigenvalue weighted by Gasteiger charge is -2.07. The molecule has 0 N–H and O–H groups in total. The zero-order chi connectivity index (χ0) is 19.8. The van der Waals surface area contributed by atoms with Crippen LogP contribution < -0.4 is 11.3 Å². The smallest absolute Gasteiger partial charge is 0.390 e. The SMILES string of the molecule is Cn1cnc2ncn(Cc3nn(C[C@@H](F)c4ccc(Cl)cc4)c(=O)o3)c(=O)c21. The molecule has 0 unspecified atom stereocenters. The minimum atomic E-state index is -1.47. The van der Waals surface area contributed by atoms with Crippen LogP contribution in [0, 0.1) is 0 Å². The Hall–Kier alpha value is -3.27. The van der Waals surface area contributed by atoms with Crippen LogP contribution in [0.3, 0.4) is 0 Å². The maximum atomic E-state index is 14.5. The van der Waals surface area contributed by atoms with Crippen LogP contribution in [0.2, 0.25) is 5.02 Å². The van der Waals surface area contributed by atoms with E-state index in [4.69, 9.17) is 16.0 Å². The highest BCUT2D eigenvalue weighted by Gasteiger charge is 2.17. The first-order valence-corrected chi connectivity index (χ1v) is 8.63. The molecule has 0 saturated carbocycles. The van der Waals surface area contributed by atoms with Crippen LogP contribution >= 0.6 is 11.6 Å². The van der Waals surface area contributed by atoms with Crippen molar-refractivity contribution in [1.82, 2.24) is 28.9 Å². The van der Waals surface area contributed by atoms with Crippen molar-refractivity contribution in [3.63, 3.8) is 0 Å². The van der Waals surface area contributed by atoms with Gasteiger partial charge < -0.3 is 8.98 Å². The number of benzene rings is 1. The van der Waals surface area contributed by atoms with Crippen molar-refractivity contribution in [2.75, 3.05) is 0 Å². The molecular weight excluding hydrogens is 391 g/mol. The van der Waals surface area contributed by atoms with Gasteiger partial charge >= 0.3 is 5.76 Å². The van der Waals surface area contributed by atoms with Gasteiger partial charge in [-0.15, -0.1) is 5.10 Å². The zero-order valence-corrected chi connectivity index (χ0v) is 15.4. The van der Waals surface area contributed by atoms with Gasteiger partial charge in [0, 0.05) is 12.1 Å². The Bertz CT molecular complexity index is 1260. The molecule has 28 heavy (non-hydrogen) atoms. The molecule has 3 aromatic heterocycles. The van der Waals surface area contributed by atoms with Gasteiger partial charge in [0.25, 0.3) is 5.56 Å². The molecule has 0 fully saturated rings. The summed E-state index contributed by atoms with van der Waals surface area (Å²) in [5, 5.41) is 4.47. The van der Waals surface area contributed by atoms with E-state index in [1.807, 2.05) is 0 Å². The number of halogens is 2. The minimum absolute atomic E-state index is 0.0290. The van der Waals surface area contributed by atoms with Crippen molar-refractivity contribution in [3.05, 3.63) is 74.3 Å². The summed E-state index contributed by atoms with van der Waals surface area (Å²) in [4.78, 5) is 32.6. The normalized spacial score (nSPS) is 12.5. The van der Waals surface area contributed by atoms with Gasteiger partial charge in [0.05, 0.1) is 12.9 Å². The summed E-state index contributed by atoms with van der Waals surface area (Å²) in [6.07, 6.45) is 1.31. The molecule has 0 bridgehead atoms. The number of hydrogen-bond acceptors (Lipinski definition) is 6. The maximum absolute atomic E-state index is 14.5. The minimum Gasteiger partial charge on any atom is -0.390 e. The number of hydrogen-bond donors (Lipinski definition) is 0. The van der Waals surface area contributed by atoms with Crippen molar-refractivity contribution >= 4 is 22.8 Å². The molecular formula is C17H14ClFN6O3. The van der Waals surface area contributed by atoms with Gasteiger partial charge in [-0.2, -0.15) is 4.68 Å². The monoisotopic (exact) mass is 404 g/mol. The van der Waals surface area contributed by atoms with E-state index < -0.39 is 11.9 Å². The van der Waals surface area contributed by atoms with Gasteiger partial charge in [-0.05, 0) is 17.7 Å². The average Bonchev–Trinajstić information content (AvgIpc) is 3.21. The molecule has 4 rings (SSSR count). The van der Waals surface area contributed by atoms with Crippen LogP contribution in [0.25, 0.3) is 11.2 Å². The first-order valence-electron chi connectivity index (χ1n) is 8.25. The lowest BCUT2D eigenvalue weighted by Crippen LogP contribution is -2.23. The fraction of sp³-hybridized carbons (Fsp3) is 0.235. The topological polar surface area (TPSA) is 101 Å². The van der Waals surface area contributed by atoms with Gasteiger partial charge in [-0.1, -0.05) is 23.7 Å². The second kappa shape index (κ2) is 7.04.